The number of amides is 4. The average Bonchev–Trinajstić information content (AvgIpc) is 3.18. The lowest BCUT2D eigenvalue weighted by Gasteiger charge is -2.48. The molecule has 1 unspecified atom stereocenters. The fourth-order valence-corrected chi connectivity index (χ4v) is 4.95. The van der Waals surface area contributed by atoms with E-state index < -0.39 is 28.7 Å². The molecule has 0 saturated carbocycles. The molecule has 3 heterocycles. The molecule has 0 bridgehead atoms. The number of hydrogen-bond acceptors (Lipinski definition) is 6. The predicted octanol–water partition coefficient (Wildman–Crippen LogP) is -0.633. The molecule has 13 heteroatoms. The molecule has 0 spiro atoms. The van der Waals surface area contributed by atoms with Gasteiger partial charge in [-0.05, 0) is 29.7 Å². The third kappa shape index (κ3) is 5.12. The zero-order valence-corrected chi connectivity index (χ0v) is 20.5. The number of fused-ring (bicyclic) bond motifs is 1. The van der Waals surface area contributed by atoms with E-state index in [0.717, 1.165) is 11.1 Å². The van der Waals surface area contributed by atoms with Crippen LogP contribution in [0, 0.1) is 0 Å². The molecule has 3 aliphatic rings. The summed E-state index contributed by atoms with van der Waals surface area (Å²) in [7, 11) is 23.0. The number of carbonyl (C=O) groups excluding carboxylic acids is 4. The van der Waals surface area contributed by atoms with Gasteiger partial charge in [0.05, 0.1) is 11.9 Å². The Bertz CT molecular complexity index is 1320. The zero-order valence-electron chi connectivity index (χ0n) is 20.5. The van der Waals surface area contributed by atoms with Crippen LogP contribution in [0.15, 0.2) is 42.5 Å². The molecule has 0 aromatic heterocycles. The zero-order chi connectivity index (χ0) is 27.2. The van der Waals surface area contributed by atoms with E-state index in [1.165, 1.54) is 9.80 Å². The first kappa shape index (κ1) is 26.2. The van der Waals surface area contributed by atoms with E-state index in [0.29, 0.717) is 16.9 Å². The highest BCUT2D eigenvalue weighted by Gasteiger charge is 2.43. The van der Waals surface area contributed by atoms with E-state index in [9.17, 15) is 19.2 Å². The Morgan fingerprint density at radius 3 is 2.42 bits per heavy atom. The summed E-state index contributed by atoms with van der Waals surface area (Å²) in [6.07, 6.45) is 0.478. The van der Waals surface area contributed by atoms with Crippen LogP contribution in [0.1, 0.15) is 39.9 Å². The SMILES string of the molecule is [B]C1([B])CN(Cc2ccc(COc3cccc4c3CN(C3CCC(=O)NC3=O)C4=O)cc2)C(=O)C([B])([B])O1. The van der Waals surface area contributed by atoms with E-state index in [-0.39, 0.29) is 50.9 Å². The highest BCUT2D eigenvalue weighted by molar-refractivity contribution is 6.51. The van der Waals surface area contributed by atoms with Crippen molar-refractivity contribution in [2.45, 2.75) is 49.4 Å². The number of rotatable bonds is 6. The molecule has 2 aromatic rings. The van der Waals surface area contributed by atoms with E-state index in [4.69, 9.17) is 40.9 Å². The Hall–Kier alpha value is -3.46. The molecule has 5 rings (SSSR count). The number of benzene rings is 2. The summed E-state index contributed by atoms with van der Waals surface area (Å²) in [5.74, 6) is -1.15. The van der Waals surface area contributed by atoms with Gasteiger partial charge in [0, 0.05) is 36.0 Å². The first-order chi connectivity index (χ1) is 17.9. The third-order valence-electron chi connectivity index (χ3n) is 6.75. The Kier molecular flexibility index (Phi) is 6.67. The van der Waals surface area contributed by atoms with Gasteiger partial charge in [0.25, 0.3) is 5.91 Å². The van der Waals surface area contributed by atoms with Gasteiger partial charge in [0.2, 0.25) is 17.7 Å². The monoisotopic (exact) mass is 503 g/mol. The van der Waals surface area contributed by atoms with Crippen LogP contribution < -0.4 is 10.1 Å². The molecule has 9 nitrogen and oxygen atoms in total. The van der Waals surface area contributed by atoms with Gasteiger partial charge in [-0.2, -0.15) is 0 Å². The fourth-order valence-electron chi connectivity index (χ4n) is 4.95. The first-order valence-electron chi connectivity index (χ1n) is 12.1. The summed E-state index contributed by atoms with van der Waals surface area (Å²) in [6.45, 7) is 0.542. The summed E-state index contributed by atoms with van der Waals surface area (Å²) in [6, 6.07) is 11.9. The molecule has 4 amide bonds. The Morgan fingerprint density at radius 1 is 1.00 bits per heavy atom. The van der Waals surface area contributed by atoms with Crippen LogP contribution in [0.3, 0.4) is 0 Å². The second-order valence-corrected chi connectivity index (χ2v) is 9.80. The molecule has 2 saturated heterocycles. The van der Waals surface area contributed by atoms with Gasteiger partial charge >= 0.3 is 0 Å². The summed E-state index contributed by atoms with van der Waals surface area (Å²) in [5.41, 5.74) is 2.82. The lowest BCUT2D eigenvalue weighted by molar-refractivity contribution is -0.157. The number of piperidine rings is 1. The molecular weight excluding hydrogens is 482 g/mol. The van der Waals surface area contributed by atoms with Crippen LogP contribution >= 0.6 is 0 Å². The smallest absolute Gasteiger partial charge is 0.255 e. The molecule has 3 aliphatic heterocycles. The van der Waals surface area contributed by atoms with Crippen LogP contribution in [-0.4, -0.2) is 88.2 Å². The topological polar surface area (TPSA) is 105 Å². The van der Waals surface area contributed by atoms with Crippen LogP contribution in [0.5, 0.6) is 5.75 Å². The fraction of sp³-hybridized carbons (Fsp3) is 0.360. The number of ether oxygens (including phenoxy) is 2. The van der Waals surface area contributed by atoms with Crippen LogP contribution in [-0.2, 0) is 38.8 Å². The second-order valence-electron chi connectivity index (χ2n) is 9.80. The minimum absolute atomic E-state index is 0.0828. The quantitative estimate of drug-likeness (QED) is 0.417. The molecule has 8 radical (unpaired) electrons. The van der Waals surface area contributed by atoms with Gasteiger partial charge in [0.15, 0.2) is 0 Å². The molecule has 1 atom stereocenters. The van der Waals surface area contributed by atoms with Crippen molar-refractivity contribution in [3.63, 3.8) is 0 Å². The van der Waals surface area contributed by atoms with Crippen molar-refractivity contribution in [3.8, 4) is 5.75 Å². The van der Waals surface area contributed by atoms with Crippen molar-refractivity contribution in [2.75, 3.05) is 6.54 Å². The molecular formula is C25H21B4N3O6. The number of nitrogens with zero attached hydrogens (tertiary/aromatic N) is 2. The van der Waals surface area contributed by atoms with Crippen molar-refractivity contribution in [1.82, 2.24) is 15.1 Å². The standard InChI is InChI=1S/C25H21B4N3O6/c26-24(27)13-31(23(36)25(28,29)38-24)10-14-4-6-15(7-5-14)12-37-19-3-1-2-16-17(19)11-32(22(16)35)18-8-9-20(33)30-21(18)34/h1-7,18H,8-13H2,(H,30,33,34). The highest BCUT2D eigenvalue weighted by Crippen LogP contribution is 2.34. The minimum atomic E-state index is -2.11. The third-order valence-corrected chi connectivity index (χ3v) is 6.75. The molecule has 2 fully saturated rings. The molecule has 184 valence electrons. The number of hydrogen-bond donors (Lipinski definition) is 1. The maximum atomic E-state index is 13.0. The van der Waals surface area contributed by atoms with E-state index in [2.05, 4.69) is 5.32 Å². The van der Waals surface area contributed by atoms with E-state index >= 15 is 0 Å². The number of imide groups is 1. The summed E-state index contributed by atoms with van der Waals surface area (Å²) < 4.78 is 11.1. The lowest BCUT2D eigenvalue weighted by Crippen LogP contribution is -2.66. The lowest BCUT2D eigenvalue weighted by atomic mass is 9.57. The first-order valence-corrected chi connectivity index (χ1v) is 12.1. The number of morpholine rings is 1. The van der Waals surface area contributed by atoms with E-state index in [1.54, 1.807) is 18.2 Å². The van der Waals surface area contributed by atoms with Gasteiger partial charge in [-0.1, -0.05) is 30.3 Å². The number of carbonyl (C=O) groups is 4. The normalized spacial score (nSPS) is 22.3. The Labute approximate surface area is 225 Å². The van der Waals surface area contributed by atoms with Crippen LogP contribution in [0.2, 0.25) is 0 Å². The molecule has 2 aromatic carbocycles. The summed E-state index contributed by atoms with van der Waals surface area (Å²) in [5, 5.41) is -1.48. The average molecular weight is 503 g/mol. The van der Waals surface area contributed by atoms with E-state index in [1.807, 2.05) is 24.3 Å². The van der Waals surface area contributed by atoms with Crippen molar-refractivity contribution < 1.29 is 28.7 Å². The largest absolute Gasteiger partial charge is 0.489 e. The highest BCUT2D eigenvalue weighted by atomic mass is 16.5. The van der Waals surface area contributed by atoms with Gasteiger partial charge < -0.3 is 19.3 Å². The minimum Gasteiger partial charge on any atom is -0.489 e. The maximum absolute atomic E-state index is 13.0. The van der Waals surface area contributed by atoms with Gasteiger partial charge in [-0.3, -0.25) is 24.5 Å². The molecule has 38 heavy (non-hydrogen) atoms. The van der Waals surface area contributed by atoms with Gasteiger partial charge in [-0.25, -0.2) is 0 Å². The van der Waals surface area contributed by atoms with Gasteiger partial charge in [0.1, 0.15) is 49.8 Å². The molecule has 1 N–H and O–H groups in total. The Balaban J connectivity index is 1.23. The molecule has 0 aliphatic carbocycles. The van der Waals surface area contributed by atoms with Crippen molar-refractivity contribution >= 4 is 55.0 Å². The van der Waals surface area contributed by atoms with Crippen molar-refractivity contribution in [2.24, 2.45) is 0 Å². The van der Waals surface area contributed by atoms with Gasteiger partial charge in [-0.15, -0.1) is 0 Å². The van der Waals surface area contributed by atoms with Crippen LogP contribution in [0.4, 0.5) is 0 Å². The van der Waals surface area contributed by atoms with Crippen LogP contribution in [0.25, 0.3) is 0 Å². The summed E-state index contributed by atoms with van der Waals surface area (Å²) >= 11 is 0. The number of nitrogens with one attached hydrogen (secondary N) is 1. The second kappa shape index (κ2) is 9.69. The maximum Gasteiger partial charge on any atom is 0.255 e. The Morgan fingerprint density at radius 2 is 1.71 bits per heavy atom. The van der Waals surface area contributed by atoms with Crippen molar-refractivity contribution in [3.05, 3.63) is 64.7 Å². The predicted molar refractivity (Wildman–Crippen MR) is 138 cm³/mol. The summed E-state index contributed by atoms with van der Waals surface area (Å²) in [4.78, 5) is 52.1. The van der Waals surface area contributed by atoms with Crippen molar-refractivity contribution in [1.29, 1.82) is 0 Å².